The van der Waals surface area contributed by atoms with Crippen LogP contribution in [0.3, 0.4) is 0 Å². The highest BCUT2D eigenvalue weighted by Crippen LogP contribution is 2.14. The number of anilines is 1. The van der Waals surface area contributed by atoms with Crippen LogP contribution in [0.2, 0.25) is 0 Å². The van der Waals surface area contributed by atoms with Gasteiger partial charge < -0.3 is 10.5 Å². The Morgan fingerprint density at radius 2 is 2.29 bits per heavy atom. The van der Waals surface area contributed by atoms with Gasteiger partial charge in [-0.15, -0.1) is 0 Å². The second-order valence-corrected chi connectivity index (χ2v) is 4.30. The molecule has 0 radical (unpaired) electrons. The molecule has 4 N–H and O–H groups in total. The fraction of sp³-hybridized carbons (Fsp3) is 0.583. The Bertz CT molecular complexity index is 330. The maximum absolute atomic E-state index is 8.89. The lowest BCUT2D eigenvalue weighted by atomic mass is 10.2. The van der Waals surface area contributed by atoms with E-state index in [0.717, 1.165) is 25.1 Å². The van der Waals surface area contributed by atoms with Crippen molar-refractivity contribution in [2.75, 3.05) is 18.6 Å². The number of rotatable bonds is 7. The van der Waals surface area contributed by atoms with Gasteiger partial charge in [0.25, 0.3) is 0 Å². The summed E-state index contributed by atoms with van der Waals surface area (Å²) in [7, 11) is 0. The van der Waals surface area contributed by atoms with Gasteiger partial charge in [-0.1, -0.05) is 6.07 Å². The van der Waals surface area contributed by atoms with E-state index in [1.165, 1.54) is 0 Å². The van der Waals surface area contributed by atoms with E-state index >= 15 is 0 Å². The van der Waals surface area contributed by atoms with Crippen molar-refractivity contribution in [3.05, 3.63) is 23.9 Å². The van der Waals surface area contributed by atoms with Crippen LogP contribution in [0, 0.1) is 0 Å². The molecule has 0 fully saturated rings. The highest BCUT2D eigenvalue weighted by molar-refractivity contribution is 5.42. The summed E-state index contributed by atoms with van der Waals surface area (Å²) in [6.45, 7) is 6.16. The third kappa shape index (κ3) is 4.30. The predicted octanol–water partition coefficient (Wildman–Crippen LogP) is 0.960. The van der Waals surface area contributed by atoms with Crippen LogP contribution in [0.4, 0.5) is 5.82 Å². The van der Waals surface area contributed by atoms with E-state index < -0.39 is 0 Å². The molecule has 17 heavy (non-hydrogen) atoms. The van der Waals surface area contributed by atoms with Crippen molar-refractivity contribution in [1.82, 2.24) is 9.88 Å². The lowest BCUT2D eigenvalue weighted by Gasteiger charge is -2.26. The molecule has 1 rings (SSSR count). The molecule has 1 aromatic heterocycles. The average molecular weight is 238 g/mol. The summed E-state index contributed by atoms with van der Waals surface area (Å²) in [6, 6.07) is 4.34. The Hall–Kier alpha value is -1.17. The second-order valence-electron chi connectivity index (χ2n) is 4.30. The molecule has 1 heterocycles. The van der Waals surface area contributed by atoms with Crippen LogP contribution in [0.15, 0.2) is 18.3 Å². The van der Waals surface area contributed by atoms with Crippen molar-refractivity contribution in [3.8, 4) is 0 Å². The zero-order valence-corrected chi connectivity index (χ0v) is 10.6. The molecule has 0 spiro atoms. The van der Waals surface area contributed by atoms with Crippen LogP contribution in [0.25, 0.3) is 0 Å². The summed E-state index contributed by atoms with van der Waals surface area (Å²) in [5, 5.41) is 8.89. The predicted molar refractivity (Wildman–Crippen MR) is 69.3 cm³/mol. The number of nitrogens with zero attached hydrogens (tertiary/aromatic N) is 2. The normalized spacial score (nSPS) is 11.2. The third-order valence-corrected chi connectivity index (χ3v) is 2.74. The number of pyridine rings is 1. The van der Waals surface area contributed by atoms with Crippen LogP contribution in [0.5, 0.6) is 0 Å². The Kier molecular flexibility index (Phi) is 5.90. The van der Waals surface area contributed by atoms with Gasteiger partial charge in [-0.05, 0) is 26.3 Å². The van der Waals surface area contributed by atoms with Gasteiger partial charge in [0, 0.05) is 37.5 Å². The Balaban J connectivity index is 2.71. The molecule has 0 saturated heterocycles. The minimum atomic E-state index is 0.220. The van der Waals surface area contributed by atoms with Gasteiger partial charge in [0.1, 0.15) is 5.82 Å². The van der Waals surface area contributed by atoms with Gasteiger partial charge in [-0.2, -0.15) is 0 Å². The number of hydrogen-bond donors (Lipinski definition) is 3. The lowest BCUT2D eigenvalue weighted by Crippen LogP contribution is -2.32. The minimum absolute atomic E-state index is 0.220. The lowest BCUT2D eigenvalue weighted by molar-refractivity contribution is 0.185. The summed E-state index contributed by atoms with van der Waals surface area (Å²) < 4.78 is 0. The monoisotopic (exact) mass is 238 g/mol. The number of nitrogen functional groups attached to an aromatic ring is 1. The van der Waals surface area contributed by atoms with E-state index in [-0.39, 0.29) is 6.61 Å². The molecule has 0 aliphatic carbocycles. The topological polar surface area (TPSA) is 74.4 Å². The van der Waals surface area contributed by atoms with E-state index in [9.17, 15) is 0 Å². The molecule has 5 nitrogen and oxygen atoms in total. The quantitative estimate of drug-likeness (QED) is 0.487. The zero-order valence-electron chi connectivity index (χ0n) is 10.6. The molecule has 0 aliphatic rings. The minimum Gasteiger partial charge on any atom is -0.396 e. The fourth-order valence-corrected chi connectivity index (χ4v) is 1.71. The highest BCUT2D eigenvalue weighted by atomic mass is 16.3. The second kappa shape index (κ2) is 7.21. The first-order valence-corrected chi connectivity index (χ1v) is 5.94. The molecule has 0 aromatic carbocycles. The van der Waals surface area contributed by atoms with E-state index in [1.807, 2.05) is 12.1 Å². The molecule has 5 heteroatoms. The van der Waals surface area contributed by atoms with E-state index in [1.54, 1.807) is 6.20 Å². The molecule has 0 saturated carbocycles. The van der Waals surface area contributed by atoms with Gasteiger partial charge >= 0.3 is 0 Å². The molecule has 0 atom stereocenters. The first-order chi connectivity index (χ1) is 8.19. The van der Waals surface area contributed by atoms with E-state index in [2.05, 4.69) is 29.2 Å². The molecule has 0 bridgehead atoms. The molecule has 96 valence electrons. The van der Waals surface area contributed by atoms with Crippen molar-refractivity contribution in [2.45, 2.75) is 32.9 Å². The summed E-state index contributed by atoms with van der Waals surface area (Å²) in [5.74, 6) is 6.14. The smallest absolute Gasteiger partial charge is 0.144 e. The summed E-state index contributed by atoms with van der Waals surface area (Å²) in [5.41, 5.74) is 3.68. The standard InChI is InChI=1S/C12H22N4O/c1-10(2)16(7-4-8-17)9-11-5-3-6-14-12(11)15-13/h3,5-6,10,17H,4,7-9,13H2,1-2H3,(H,14,15). The first-order valence-electron chi connectivity index (χ1n) is 5.94. The van der Waals surface area contributed by atoms with Gasteiger partial charge in [0.2, 0.25) is 0 Å². The summed E-state index contributed by atoms with van der Waals surface area (Å²) >= 11 is 0. The Morgan fingerprint density at radius 1 is 1.53 bits per heavy atom. The largest absolute Gasteiger partial charge is 0.396 e. The zero-order chi connectivity index (χ0) is 12.7. The van der Waals surface area contributed by atoms with Crippen molar-refractivity contribution >= 4 is 5.82 Å². The number of hydrogen-bond acceptors (Lipinski definition) is 5. The fourth-order valence-electron chi connectivity index (χ4n) is 1.71. The van der Waals surface area contributed by atoms with Gasteiger partial charge in [-0.25, -0.2) is 10.8 Å². The van der Waals surface area contributed by atoms with Crippen LogP contribution < -0.4 is 11.3 Å². The number of nitrogens with two attached hydrogens (primary N) is 1. The average Bonchev–Trinajstić information content (AvgIpc) is 2.34. The number of hydrazine groups is 1. The van der Waals surface area contributed by atoms with Gasteiger partial charge in [0.15, 0.2) is 0 Å². The maximum atomic E-state index is 8.89. The van der Waals surface area contributed by atoms with Crippen LogP contribution in [0.1, 0.15) is 25.8 Å². The molecule has 1 aromatic rings. The van der Waals surface area contributed by atoms with Gasteiger partial charge in [0.05, 0.1) is 0 Å². The third-order valence-electron chi connectivity index (χ3n) is 2.74. The van der Waals surface area contributed by atoms with E-state index in [0.29, 0.717) is 11.9 Å². The van der Waals surface area contributed by atoms with Crippen LogP contribution >= 0.6 is 0 Å². The summed E-state index contributed by atoms with van der Waals surface area (Å²) in [4.78, 5) is 6.46. The van der Waals surface area contributed by atoms with Crippen LogP contribution in [-0.4, -0.2) is 34.2 Å². The summed E-state index contributed by atoms with van der Waals surface area (Å²) in [6.07, 6.45) is 2.50. The van der Waals surface area contributed by atoms with Crippen molar-refractivity contribution < 1.29 is 5.11 Å². The van der Waals surface area contributed by atoms with Crippen molar-refractivity contribution in [2.24, 2.45) is 5.84 Å². The molecular formula is C12H22N4O. The van der Waals surface area contributed by atoms with Crippen molar-refractivity contribution in [1.29, 1.82) is 0 Å². The first kappa shape index (κ1) is 13.9. The molecule has 0 unspecified atom stereocenters. The number of aromatic nitrogens is 1. The molecular weight excluding hydrogens is 216 g/mol. The Morgan fingerprint density at radius 3 is 2.88 bits per heavy atom. The number of aliphatic hydroxyl groups excluding tert-OH is 1. The Labute approximate surface area is 103 Å². The molecule has 0 aliphatic heterocycles. The van der Waals surface area contributed by atoms with Gasteiger partial charge in [-0.3, -0.25) is 4.90 Å². The van der Waals surface area contributed by atoms with Crippen LogP contribution in [-0.2, 0) is 6.54 Å². The maximum Gasteiger partial charge on any atom is 0.144 e. The number of aliphatic hydroxyl groups is 1. The number of nitrogens with one attached hydrogen (secondary N) is 1. The SMILES string of the molecule is CC(C)N(CCCO)Cc1cccnc1NN. The molecule has 0 amide bonds. The highest BCUT2D eigenvalue weighted by Gasteiger charge is 2.12. The van der Waals surface area contributed by atoms with Crippen molar-refractivity contribution in [3.63, 3.8) is 0 Å². The van der Waals surface area contributed by atoms with E-state index in [4.69, 9.17) is 10.9 Å².